The fraction of sp³-hybridized carbons (Fsp3) is 0.233. The van der Waals surface area contributed by atoms with E-state index in [9.17, 15) is 4.39 Å². The van der Waals surface area contributed by atoms with Gasteiger partial charge in [-0.3, -0.25) is 0 Å². The maximum atomic E-state index is 13.6. The SMILES string of the molecule is COc1cc(-c2nc(-c3ccc(F)cc3)[nH]c2-c2ccnc(Nc3ccc(N4C[C@@H](C)O[C@@H](C)C4)nc3)n2)cnc1N. The Morgan fingerprint density at radius 2 is 1.76 bits per heavy atom. The molecule has 2 atom stereocenters. The number of imidazole rings is 1. The second-order valence-corrected chi connectivity index (χ2v) is 10.1. The lowest BCUT2D eigenvalue weighted by molar-refractivity contribution is -0.00545. The molecule has 4 N–H and O–H groups in total. The van der Waals surface area contributed by atoms with Gasteiger partial charge < -0.3 is 30.4 Å². The van der Waals surface area contributed by atoms with Gasteiger partial charge >= 0.3 is 0 Å². The molecule has 5 heterocycles. The number of aromatic amines is 1. The van der Waals surface area contributed by atoms with E-state index >= 15 is 0 Å². The van der Waals surface area contributed by atoms with Crippen LogP contribution >= 0.6 is 0 Å². The number of ether oxygens (including phenoxy) is 2. The molecule has 0 bridgehead atoms. The number of halogens is 1. The van der Waals surface area contributed by atoms with Crippen LogP contribution in [0.3, 0.4) is 0 Å². The van der Waals surface area contributed by atoms with Crippen molar-refractivity contribution in [3.63, 3.8) is 0 Å². The van der Waals surface area contributed by atoms with Gasteiger partial charge in [0.05, 0.1) is 42.6 Å². The molecule has 0 radical (unpaired) electrons. The number of pyridine rings is 2. The Bertz CT molecular complexity index is 1680. The molecule has 214 valence electrons. The monoisotopic (exact) mass is 567 g/mol. The van der Waals surface area contributed by atoms with Gasteiger partial charge in [-0.05, 0) is 62.4 Å². The van der Waals surface area contributed by atoms with E-state index in [0.29, 0.717) is 45.7 Å². The quantitative estimate of drug-likeness (QED) is 0.244. The summed E-state index contributed by atoms with van der Waals surface area (Å²) in [5, 5.41) is 3.24. The summed E-state index contributed by atoms with van der Waals surface area (Å²) < 4.78 is 24.8. The van der Waals surface area contributed by atoms with E-state index in [-0.39, 0.29) is 23.8 Å². The number of H-pyrrole nitrogens is 1. The average molecular weight is 568 g/mol. The van der Waals surface area contributed by atoms with Crippen molar-refractivity contribution in [2.45, 2.75) is 26.1 Å². The molecule has 5 aromatic rings. The largest absolute Gasteiger partial charge is 0.493 e. The Hall–Kier alpha value is -5.10. The van der Waals surface area contributed by atoms with Crippen molar-refractivity contribution in [2.75, 3.05) is 36.1 Å². The molecule has 0 aliphatic carbocycles. The molecule has 1 aliphatic rings. The first kappa shape index (κ1) is 27.1. The fourth-order valence-electron chi connectivity index (χ4n) is 4.96. The van der Waals surface area contributed by atoms with Crippen molar-refractivity contribution < 1.29 is 13.9 Å². The number of morpholine rings is 1. The van der Waals surface area contributed by atoms with Crippen LogP contribution in [-0.2, 0) is 4.74 Å². The van der Waals surface area contributed by atoms with Gasteiger partial charge in [-0.15, -0.1) is 0 Å². The van der Waals surface area contributed by atoms with Gasteiger partial charge in [0, 0.05) is 36.6 Å². The van der Waals surface area contributed by atoms with Gasteiger partial charge in [-0.25, -0.2) is 29.3 Å². The Morgan fingerprint density at radius 1 is 0.976 bits per heavy atom. The third kappa shape index (κ3) is 5.70. The zero-order chi connectivity index (χ0) is 29.2. The molecule has 0 amide bonds. The van der Waals surface area contributed by atoms with Crippen LogP contribution < -0.4 is 20.7 Å². The minimum atomic E-state index is -0.332. The van der Waals surface area contributed by atoms with E-state index in [1.165, 1.54) is 19.2 Å². The summed E-state index contributed by atoms with van der Waals surface area (Å²) >= 11 is 0. The molecule has 0 saturated carbocycles. The van der Waals surface area contributed by atoms with Crippen molar-refractivity contribution in [2.24, 2.45) is 0 Å². The van der Waals surface area contributed by atoms with Crippen LogP contribution in [0.2, 0.25) is 0 Å². The van der Waals surface area contributed by atoms with E-state index in [0.717, 1.165) is 24.6 Å². The van der Waals surface area contributed by atoms with Crippen LogP contribution in [0.4, 0.5) is 27.7 Å². The third-order valence-electron chi connectivity index (χ3n) is 6.86. The molecule has 11 nitrogen and oxygen atoms in total. The van der Waals surface area contributed by atoms with Crippen LogP contribution in [0.5, 0.6) is 5.75 Å². The predicted octanol–water partition coefficient (Wildman–Crippen LogP) is 5.08. The normalized spacial score (nSPS) is 16.8. The maximum absolute atomic E-state index is 13.6. The van der Waals surface area contributed by atoms with E-state index in [1.807, 2.05) is 12.1 Å². The Balaban J connectivity index is 1.31. The first-order valence-electron chi connectivity index (χ1n) is 13.5. The van der Waals surface area contributed by atoms with Crippen LogP contribution in [-0.4, -0.2) is 62.3 Å². The smallest absolute Gasteiger partial charge is 0.227 e. The number of methoxy groups -OCH3 is 1. The second kappa shape index (κ2) is 11.4. The van der Waals surface area contributed by atoms with Gasteiger partial charge in [0.1, 0.15) is 23.2 Å². The first-order valence-corrected chi connectivity index (χ1v) is 13.5. The number of nitrogens with zero attached hydrogens (tertiary/aromatic N) is 6. The molecule has 1 aliphatic heterocycles. The Morgan fingerprint density at radius 3 is 2.48 bits per heavy atom. The number of nitrogen functional groups attached to an aromatic ring is 1. The zero-order valence-corrected chi connectivity index (χ0v) is 23.4. The lowest BCUT2D eigenvalue weighted by atomic mass is 10.1. The Kier molecular flexibility index (Phi) is 7.36. The summed E-state index contributed by atoms with van der Waals surface area (Å²) in [6, 6.07) is 13.6. The minimum absolute atomic E-state index is 0.144. The highest BCUT2D eigenvalue weighted by Gasteiger charge is 2.23. The zero-order valence-electron chi connectivity index (χ0n) is 23.4. The number of anilines is 4. The van der Waals surface area contributed by atoms with Gasteiger partial charge in [0.25, 0.3) is 0 Å². The molecule has 0 spiro atoms. The highest BCUT2D eigenvalue weighted by atomic mass is 19.1. The lowest BCUT2D eigenvalue weighted by Gasteiger charge is -2.36. The number of nitrogens with one attached hydrogen (secondary N) is 2. The van der Waals surface area contributed by atoms with E-state index in [2.05, 4.69) is 44.0 Å². The molecule has 1 aromatic carbocycles. The summed E-state index contributed by atoms with van der Waals surface area (Å²) in [5.41, 5.74) is 9.85. The molecule has 12 heteroatoms. The molecule has 1 fully saturated rings. The van der Waals surface area contributed by atoms with Crippen molar-refractivity contribution in [1.29, 1.82) is 0 Å². The van der Waals surface area contributed by atoms with Crippen molar-refractivity contribution in [3.05, 3.63) is 72.9 Å². The number of hydrogen-bond acceptors (Lipinski definition) is 10. The summed E-state index contributed by atoms with van der Waals surface area (Å²) in [5.74, 6) is 2.17. The lowest BCUT2D eigenvalue weighted by Crippen LogP contribution is -2.45. The number of rotatable bonds is 7. The summed E-state index contributed by atoms with van der Waals surface area (Å²) in [7, 11) is 1.53. The van der Waals surface area contributed by atoms with Crippen molar-refractivity contribution in [1.82, 2.24) is 29.9 Å². The molecular formula is C30H30FN9O2. The maximum Gasteiger partial charge on any atom is 0.227 e. The first-order chi connectivity index (χ1) is 20.4. The standard InChI is InChI=1S/C30H30FN9O2/c1-17-15-40(16-18(2)42-17)25-9-8-22(14-34-25)36-30-33-11-10-23(37-30)27-26(20-12-24(41-3)28(32)35-13-20)38-29(39-27)19-4-6-21(31)7-5-19/h4-14,17-18H,15-16H2,1-3H3,(H2,32,35)(H,38,39)(H,33,36,37)/t17-,18+. The van der Waals surface area contributed by atoms with Gasteiger partial charge in [0.2, 0.25) is 5.95 Å². The number of benzene rings is 1. The highest BCUT2D eigenvalue weighted by molar-refractivity contribution is 5.81. The summed E-state index contributed by atoms with van der Waals surface area (Å²) in [4.78, 5) is 28.5. The van der Waals surface area contributed by atoms with E-state index in [1.54, 1.807) is 42.9 Å². The van der Waals surface area contributed by atoms with Crippen molar-refractivity contribution in [3.8, 4) is 39.8 Å². The third-order valence-corrected chi connectivity index (χ3v) is 6.86. The van der Waals surface area contributed by atoms with Crippen LogP contribution in [0.25, 0.3) is 34.0 Å². The topological polar surface area (TPSA) is 140 Å². The average Bonchev–Trinajstić information content (AvgIpc) is 3.43. The molecule has 4 aromatic heterocycles. The molecular weight excluding hydrogens is 537 g/mol. The summed E-state index contributed by atoms with van der Waals surface area (Å²) in [6.07, 6.45) is 5.33. The molecule has 42 heavy (non-hydrogen) atoms. The fourth-order valence-corrected chi connectivity index (χ4v) is 4.96. The highest BCUT2D eigenvalue weighted by Crippen LogP contribution is 2.35. The van der Waals surface area contributed by atoms with Gasteiger partial charge in [0.15, 0.2) is 11.6 Å². The van der Waals surface area contributed by atoms with Crippen LogP contribution in [0, 0.1) is 5.82 Å². The van der Waals surface area contributed by atoms with Gasteiger partial charge in [-0.2, -0.15) is 0 Å². The van der Waals surface area contributed by atoms with Crippen LogP contribution in [0.15, 0.2) is 67.1 Å². The second-order valence-electron chi connectivity index (χ2n) is 10.1. The minimum Gasteiger partial charge on any atom is -0.493 e. The number of aromatic nitrogens is 6. The number of hydrogen-bond donors (Lipinski definition) is 3. The molecule has 0 unspecified atom stereocenters. The molecule has 1 saturated heterocycles. The summed E-state index contributed by atoms with van der Waals surface area (Å²) in [6.45, 7) is 5.71. The number of nitrogens with two attached hydrogens (primary N) is 1. The van der Waals surface area contributed by atoms with Crippen molar-refractivity contribution >= 4 is 23.3 Å². The molecule has 6 rings (SSSR count). The Labute approximate surface area is 242 Å². The van der Waals surface area contributed by atoms with E-state index < -0.39 is 0 Å². The van der Waals surface area contributed by atoms with E-state index in [4.69, 9.17) is 25.2 Å². The van der Waals surface area contributed by atoms with Crippen LogP contribution in [0.1, 0.15) is 13.8 Å². The van der Waals surface area contributed by atoms with Gasteiger partial charge in [-0.1, -0.05) is 0 Å². The predicted molar refractivity (Wildman–Crippen MR) is 159 cm³/mol.